The number of carbonyl (C=O) groups is 1. The van der Waals surface area contributed by atoms with Crippen LogP contribution < -0.4 is 0 Å². The maximum Gasteiger partial charge on any atom is 0.165 e. The number of thioether (sulfide) groups is 1. The molecule has 19 heavy (non-hydrogen) atoms. The Balaban J connectivity index is 2.46. The Morgan fingerprint density at radius 1 is 1.32 bits per heavy atom. The molecule has 3 heteroatoms. The van der Waals surface area contributed by atoms with E-state index in [0.717, 1.165) is 23.4 Å². The van der Waals surface area contributed by atoms with Crippen LogP contribution in [0.4, 0.5) is 0 Å². The molecule has 0 fully saturated rings. The van der Waals surface area contributed by atoms with Gasteiger partial charge in [0, 0.05) is 16.9 Å². The van der Waals surface area contributed by atoms with Gasteiger partial charge in [-0.25, -0.2) is 4.98 Å². The molecule has 0 amide bonds. The first-order chi connectivity index (χ1) is 8.90. The number of carbonyl (C=O) groups excluding carboxylic acids is 1. The van der Waals surface area contributed by atoms with Crippen LogP contribution in [0.1, 0.15) is 68.6 Å². The van der Waals surface area contributed by atoms with Crippen molar-refractivity contribution in [2.24, 2.45) is 0 Å². The van der Waals surface area contributed by atoms with Crippen molar-refractivity contribution >= 4 is 17.5 Å². The molecular formula is C16H23NOS. The molecule has 1 aromatic heterocycles. The molecule has 104 valence electrons. The van der Waals surface area contributed by atoms with E-state index in [1.54, 1.807) is 11.8 Å². The van der Waals surface area contributed by atoms with E-state index in [1.165, 1.54) is 24.1 Å². The summed E-state index contributed by atoms with van der Waals surface area (Å²) in [4.78, 5) is 17.0. The van der Waals surface area contributed by atoms with Crippen LogP contribution in [0.3, 0.4) is 0 Å². The average molecular weight is 277 g/mol. The van der Waals surface area contributed by atoms with Gasteiger partial charge in [-0.1, -0.05) is 39.5 Å². The maximum atomic E-state index is 12.2. The molecule has 0 saturated heterocycles. The molecule has 0 N–H and O–H groups in total. The fourth-order valence-corrected chi connectivity index (χ4v) is 3.39. The number of hydrogen-bond donors (Lipinski definition) is 0. The summed E-state index contributed by atoms with van der Waals surface area (Å²) in [6.45, 7) is 8.42. The largest absolute Gasteiger partial charge is 0.294 e. The minimum Gasteiger partial charge on any atom is -0.294 e. The number of aromatic nitrogens is 1. The first kappa shape index (κ1) is 14.6. The van der Waals surface area contributed by atoms with E-state index in [2.05, 4.69) is 26.8 Å². The average Bonchev–Trinajstić information content (AvgIpc) is 2.35. The summed E-state index contributed by atoms with van der Waals surface area (Å²) >= 11 is 1.71. The van der Waals surface area contributed by atoms with Crippen LogP contribution in [0.25, 0.3) is 0 Å². The molecule has 0 radical (unpaired) electrons. The van der Waals surface area contributed by atoms with Gasteiger partial charge in [0.05, 0.1) is 5.56 Å². The Labute approximate surface area is 120 Å². The Morgan fingerprint density at radius 3 is 2.63 bits per heavy atom. The van der Waals surface area contributed by atoms with Gasteiger partial charge >= 0.3 is 0 Å². The van der Waals surface area contributed by atoms with Gasteiger partial charge in [-0.3, -0.25) is 4.79 Å². The zero-order valence-electron chi connectivity index (χ0n) is 12.4. The number of ketones is 1. The van der Waals surface area contributed by atoms with Crippen molar-refractivity contribution in [3.8, 4) is 0 Å². The highest BCUT2D eigenvalue weighted by molar-refractivity contribution is 8.00. The standard InChI is InChI=1S/C16H23NOS/c1-5-14(18)12-10-11-8-6-7-9-13(11)17-15(12)19-16(2,3)4/h10H,5-9H2,1-4H3. The molecule has 1 aliphatic carbocycles. The van der Waals surface area contributed by atoms with Crippen LogP contribution in [-0.4, -0.2) is 15.5 Å². The van der Waals surface area contributed by atoms with E-state index < -0.39 is 0 Å². The van der Waals surface area contributed by atoms with E-state index in [4.69, 9.17) is 4.98 Å². The van der Waals surface area contributed by atoms with Gasteiger partial charge in [0.1, 0.15) is 5.03 Å². The van der Waals surface area contributed by atoms with E-state index in [-0.39, 0.29) is 10.5 Å². The summed E-state index contributed by atoms with van der Waals surface area (Å²) < 4.78 is 0.0820. The molecule has 2 rings (SSSR count). The van der Waals surface area contributed by atoms with Gasteiger partial charge in [-0.2, -0.15) is 0 Å². The van der Waals surface area contributed by atoms with Crippen LogP contribution in [0.5, 0.6) is 0 Å². The Morgan fingerprint density at radius 2 is 2.00 bits per heavy atom. The molecule has 1 aromatic rings. The third-order valence-corrected chi connectivity index (χ3v) is 4.41. The predicted molar refractivity (Wildman–Crippen MR) is 81.1 cm³/mol. The molecule has 0 aromatic carbocycles. The van der Waals surface area contributed by atoms with E-state index in [0.29, 0.717) is 6.42 Å². The second kappa shape index (κ2) is 5.66. The third-order valence-electron chi connectivity index (χ3n) is 3.29. The monoisotopic (exact) mass is 277 g/mol. The summed E-state index contributed by atoms with van der Waals surface area (Å²) in [5.74, 6) is 0.215. The zero-order chi connectivity index (χ0) is 14.0. The van der Waals surface area contributed by atoms with Crippen molar-refractivity contribution in [3.63, 3.8) is 0 Å². The predicted octanol–water partition coefficient (Wildman–Crippen LogP) is 4.44. The molecule has 1 heterocycles. The molecular weight excluding hydrogens is 254 g/mol. The highest BCUT2D eigenvalue weighted by atomic mass is 32.2. The van der Waals surface area contributed by atoms with E-state index in [9.17, 15) is 4.79 Å². The highest BCUT2D eigenvalue weighted by Gasteiger charge is 2.22. The van der Waals surface area contributed by atoms with Gasteiger partial charge < -0.3 is 0 Å². The Hall–Kier alpha value is -0.830. The number of Topliss-reactive ketones (excluding diaryl/α,β-unsaturated/α-hetero) is 1. The number of hydrogen-bond acceptors (Lipinski definition) is 3. The first-order valence-corrected chi connectivity index (χ1v) is 7.97. The maximum absolute atomic E-state index is 12.2. The molecule has 1 aliphatic rings. The summed E-state index contributed by atoms with van der Waals surface area (Å²) in [6.07, 6.45) is 5.14. The topological polar surface area (TPSA) is 30.0 Å². The minimum atomic E-state index is 0.0820. The molecule has 0 saturated carbocycles. The Kier molecular flexibility index (Phi) is 4.34. The summed E-state index contributed by atoms with van der Waals surface area (Å²) in [7, 11) is 0. The molecule has 0 atom stereocenters. The lowest BCUT2D eigenvalue weighted by Crippen LogP contribution is -2.14. The van der Waals surface area contributed by atoms with Crippen molar-refractivity contribution in [2.75, 3.05) is 0 Å². The number of fused-ring (bicyclic) bond motifs is 1. The summed E-state index contributed by atoms with van der Waals surface area (Å²) in [5.41, 5.74) is 3.34. The highest BCUT2D eigenvalue weighted by Crippen LogP contribution is 2.35. The summed E-state index contributed by atoms with van der Waals surface area (Å²) in [6, 6.07) is 2.11. The lowest BCUT2D eigenvalue weighted by Gasteiger charge is -2.22. The van der Waals surface area contributed by atoms with E-state index >= 15 is 0 Å². The van der Waals surface area contributed by atoms with Crippen molar-refractivity contribution < 1.29 is 4.79 Å². The van der Waals surface area contributed by atoms with Crippen LogP contribution in [-0.2, 0) is 12.8 Å². The van der Waals surface area contributed by atoms with Crippen LogP contribution in [0.15, 0.2) is 11.1 Å². The van der Waals surface area contributed by atoms with Crippen molar-refractivity contribution in [2.45, 2.75) is 69.6 Å². The molecule has 0 bridgehead atoms. The van der Waals surface area contributed by atoms with Crippen LogP contribution in [0.2, 0.25) is 0 Å². The lowest BCUT2D eigenvalue weighted by molar-refractivity contribution is 0.0984. The fourth-order valence-electron chi connectivity index (χ4n) is 2.37. The van der Waals surface area contributed by atoms with Crippen LogP contribution in [0, 0.1) is 0 Å². The summed E-state index contributed by atoms with van der Waals surface area (Å²) in [5, 5.41) is 0.931. The smallest absolute Gasteiger partial charge is 0.165 e. The molecule has 0 unspecified atom stereocenters. The minimum absolute atomic E-state index is 0.0820. The normalized spacial score (nSPS) is 15.2. The van der Waals surface area contributed by atoms with Crippen molar-refractivity contribution in [1.29, 1.82) is 0 Å². The van der Waals surface area contributed by atoms with Gasteiger partial charge in [0.25, 0.3) is 0 Å². The number of aryl methyl sites for hydroxylation is 2. The van der Waals surface area contributed by atoms with Gasteiger partial charge in [0.15, 0.2) is 5.78 Å². The van der Waals surface area contributed by atoms with Gasteiger partial charge in [-0.05, 0) is 37.3 Å². The molecule has 0 spiro atoms. The first-order valence-electron chi connectivity index (χ1n) is 7.15. The van der Waals surface area contributed by atoms with Crippen molar-refractivity contribution in [1.82, 2.24) is 4.98 Å². The second-order valence-electron chi connectivity index (χ2n) is 6.15. The fraction of sp³-hybridized carbons (Fsp3) is 0.625. The zero-order valence-corrected chi connectivity index (χ0v) is 13.2. The van der Waals surface area contributed by atoms with E-state index in [1.807, 2.05) is 6.92 Å². The number of nitrogens with zero attached hydrogens (tertiary/aromatic N) is 1. The quantitative estimate of drug-likeness (QED) is 0.604. The number of pyridine rings is 1. The third kappa shape index (κ3) is 3.59. The van der Waals surface area contributed by atoms with Crippen LogP contribution >= 0.6 is 11.8 Å². The second-order valence-corrected chi connectivity index (χ2v) is 7.96. The Bertz CT molecular complexity index is 488. The van der Waals surface area contributed by atoms with Gasteiger partial charge in [0.2, 0.25) is 0 Å². The number of rotatable bonds is 3. The SMILES string of the molecule is CCC(=O)c1cc2c(nc1SC(C)(C)C)CCCC2. The lowest BCUT2D eigenvalue weighted by atomic mass is 9.94. The van der Waals surface area contributed by atoms with Crippen molar-refractivity contribution in [3.05, 3.63) is 22.9 Å². The molecule has 0 aliphatic heterocycles. The van der Waals surface area contributed by atoms with Gasteiger partial charge in [-0.15, -0.1) is 0 Å². The molecule has 2 nitrogen and oxygen atoms in total.